The second kappa shape index (κ2) is 7.12. The quantitative estimate of drug-likeness (QED) is 0.795. The van der Waals surface area contributed by atoms with Crippen molar-refractivity contribution in [2.75, 3.05) is 5.32 Å². The van der Waals surface area contributed by atoms with E-state index < -0.39 is 5.97 Å². The van der Waals surface area contributed by atoms with E-state index >= 15 is 0 Å². The lowest BCUT2D eigenvalue weighted by atomic mass is 9.86. The Kier molecular flexibility index (Phi) is 4.74. The minimum Gasteiger partial charge on any atom is -0.481 e. The van der Waals surface area contributed by atoms with Crippen LogP contribution in [-0.4, -0.2) is 38.1 Å². The number of carbonyl (C=O) groups is 2. The first-order valence-electron chi connectivity index (χ1n) is 7.89. The summed E-state index contributed by atoms with van der Waals surface area (Å²) < 4.78 is 1.61. The highest BCUT2D eigenvalue weighted by molar-refractivity contribution is 5.89. The van der Waals surface area contributed by atoms with Crippen LogP contribution in [0.25, 0.3) is 5.69 Å². The number of nitrogens with zero attached hydrogens (tertiary/aromatic N) is 3. The van der Waals surface area contributed by atoms with Gasteiger partial charge in [-0.3, -0.25) is 4.79 Å². The third-order valence-electron chi connectivity index (χ3n) is 4.20. The van der Waals surface area contributed by atoms with Crippen molar-refractivity contribution in [1.82, 2.24) is 20.3 Å². The Balaban J connectivity index is 1.54. The molecule has 2 amide bonds. The SMILES string of the molecule is O=C(Nc1cccc(-n2ccnn2)c1)NC1CCC(C(=O)O)CC1. The summed E-state index contributed by atoms with van der Waals surface area (Å²) in [5, 5.41) is 22.4. The van der Waals surface area contributed by atoms with Crippen LogP contribution in [-0.2, 0) is 4.79 Å². The lowest BCUT2D eigenvalue weighted by Gasteiger charge is -2.26. The van der Waals surface area contributed by atoms with Crippen LogP contribution in [0, 0.1) is 5.92 Å². The van der Waals surface area contributed by atoms with Crippen molar-refractivity contribution in [3.8, 4) is 5.69 Å². The number of aromatic nitrogens is 3. The first-order chi connectivity index (χ1) is 11.6. The number of carboxylic acid groups (broad SMARTS) is 1. The number of hydrogen-bond acceptors (Lipinski definition) is 4. The van der Waals surface area contributed by atoms with Crippen molar-refractivity contribution in [2.24, 2.45) is 5.92 Å². The van der Waals surface area contributed by atoms with Crippen molar-refractivity contribution in [2.45, 2.75) is 31.7 Å². The molecular weight excluding hydrogens is 310 g/mol. The minimum absolute atomic E-state index is 0.0131. The topological polar surface area (TPSA) is 109 Å². The molecule has 1 aromatic carbocycles. The van der Waals surface area contributed by atoms with E-state index in [0.717, 1.165) is 5.69 Å². The standard InChI is InChI=1S/C16H19N5O3/c22-15(23)11-4-6-12(7-5-11)18-16(24)19-13-2-1-3-14(10-13)21-9-8-17-20-21/h1-3,8-12H,4-7H2,(H,22,23)(H2,18,19,24). The van der Waals surface area contributed by atoms with Crippen LogP contribution in [0.3, 0.4) is 0 Å². The van der Waals surface area contributed by atoms with E-state index in [1.54, 1.807) is 29.2 Å². The van der Waals surface area contributed by atoms with Gasteiger partial charge in [-0.25, -0.2) is 9.48 Å². The van der Waals surface area contributed by atoms with Crippen LogP contribution >= 0.6 is 0 Å². The van der Waals surface area contributed by atoms with E-state index in [4.69, 9.17) is 5.11 Å². The van der Waals surface area contributed by atoms with Crippen molar-refractivity contribution in [3.63, 3.8) is 0 Å². The highest BCUT2D eigenvalue weighted by atomic mass is 16.4. The van der Waals surface area contributed by atoms with E-state index in [9.17, 15) is 9.59 Å². The molecule has 24 heavy (non-hydrogen) atoms. The van der Waals surface area contributed by atoms with Gasteiger partial charge in [0.05, 0.1) is 24.0 Å². The molecule has 8 nitrogen and oxygen atoms in total. The molecular formula is C16H19N5O3. The van der Waals surface area contributed by atoms with Crippen molar-refractivity contribution < 1.29 is 14.7 Å². The van der Waals surface area contributed by atoms with Crippen molar-refractivity contribution in [3.05, 3.63) is 36.7 Å². The smallest absolute Gasteiger partial charge is 0.319 e. The predicted octanol–water partition coefficient (Wildman–Crippen LogP) is 2.03. The zero-order valence-electron chi connectivity index (χ0n) is 13.1. The summed E-state index contributed by atoms with van der Waals surface area (Å²) in [6.45, 7) is 0. The average Bonchev–Trinajstić information content (AvgIpc) is 3.10. The molecule has 0 spiro atoms. The number of aliphatic carboxylic acids is 1. The zero-order valence-corrected chi connectivity index (χ0v) is 13.1. The normalized spacial score (nSPS) is 20.3. The number of anilines is 1. The fraction of sp³-hybridized carbons (Fsp3) is 0.375. The fourth-order valence-corrected chi connectivity index (χ4v) is 2.91. The van der Waals surface area contributed by atoms with Gasteiger partial charge in [-0.1, -0.05) is 11.3 Å². The van der Waals surface area contributed by atoms with Crippen LogP contribution in [0.4, 0.5) is 10.5 Å². The number of nitrogens with one attached hydrogen (secondary N) is 2. The van der Waals surface area contributed by atoms with Gasteiger partial charge >= 0.3 is 12.0 Å². The first kappa shape index (κ1) is 16.0. The maximum atomic E-state index is 12.1. The van der Waals surface area contributed by atoms with E-state index in [0.29, 0.717) is 31.4 Å². The third-order valence-corrected chi connectivity index (χ3v) is 4.20. The molecule has 1 fully saturated rings. The highest BCUT2D eigenvalue weighted by Crippen LogP contribution is 2.24. The lowest BCUT2D eigenvalue weighted by molar-refractivity contribution is -0.142. The highest BCUT2D eigenvalue weighted by Gasteiger charge is 2.26. The molecule has 8 heteroatoms. The summed E-state index contributed by atoms with van der Waals surface area (Å²) in [6.07, 6.45) is 5.87. The number of hydrogen-bond donors (Lipinski definition) is 3. The molecule has 0 atom stereocenters. The number of carboxylic acids is 1. The summed E-state index contributed by atoms with van der Waals surface area (Å²) in [6, 6.07) is 7.01. The summed E-state index contributed by atoms with van der Waals surface area (Å²) >= 11 is 0. The molecule has 3 N–H and O–H groups in total. The Labute approximate surface area is 138 Å². The molecule has 1 aliphatic rings. The summed E-state index contributed by atoms with van der Waals surface area (Å²) in [4.78, 5) is 23.1. The second-order valence-electron chi connectivity index (χ2n) is 5.88. The Morgan fingerprint density at radius 2 is 2.00 bits per heavy atom. The average molecular weight is 329 g/mol. The molecule has 0 unspecified atom stereocenters. The monoisotopic (exact) mass is 329 g/mol. The van der Waals surface area contributed by atoms with Gasteiger partial charge in [0, 0.05) is 11.7 Å². The fourth-order valence-electron chi connectivity index (χ4n) is 2.91. The molecule has 1 saturated carbocycles. The van der Waals surface area contributed by atoms with Gasteiger partial charge in [0.1, 0.15) is 0 Å². The van der Waals surface area contributed by atoms with Crippen LogP contribution in [0.15, 0.2) is 36.7 Å². The first-order valence-corrected chi connectivity index (χ1v) is 7.89. The van der Waals surface area contributed by atoms with Crippen LogP contribution in [0.1, 0.15) is 25.7 Å². The summed E-state index contributed by atoms with van der Waals surface area (Å²) in [5.74, 6) is -1.03. The van der Waals surface area contributed by atoms with Crippen LogP contribution < -0.4 is 10.6 Å². The van der Waals surface area contributed by atoms with E-state index in [-0.39, 0.29) is 18.0 Å². The van der Waals surface area contributed by atoms with Gasteiger partial charge in [-0.15, -0.1) is 5.10 Å². The Morgan fingerprint density at radius 3 is 2.67 bits per heavy atom. The van der Waals surface area contributed by atoms with Gasteiger partial charge < -0.3 is 15.7 Å². The molecule has 0 bridgehead atoms. The van der Waals surface area contributed by atoms with Crippen LogP contribution in [0.5, 0.6) is 0 Å². The molecule has 1 heterocycles. The Bertz CT molecular complexity index is 708. The van der Waals surface area contributed by atoms with Gasteiger partial charge in [-0.2, -0.15) is 0 Å². The molecule has 1 aromatic heterocycles. The number of benzene rings is 1. The summed E-state index contributed by atoms with van der Waals surface area (Å²) in [7, 11) is 0. The van der Waals surface area contributed by atoms with E-state index in [2.05, 4.69) is 20.9 Å². The number of rotatable bonds is 4. The molecule has 0 saturated heterocycles. The van der Waals surface area contributed by atoms with E-state index in [1.807, 2.05) is 12.1 Å². The summed E-state index contributed by atoms with van der Waals surface area (Å²) in [5.41, 5.74) is 1.45. The van der Waals surface area contributed by atoms with Gasteiger partial charge in [0.2, 0.25) is 0 Å². The number of urea groups is 1. The van der Waals surface area contributed by atoms with Crippen molar-refractivity contribution >= 4 is 17.7 Å². The Hall–Kier alpha value is -2.90. The maximum Gasteiger partial charge on any atom is 0.319 e. The second-order valence-corrected chi connectivity index (χ2v) is 5.88. The molecule has 2 aromatic rings. The zero-order chi connectivity index (χ0) is 16.9. The number of carbonyl (C=O) groups excluding carboxylic acids is 1. The largest absolute Gasteiger partial charge is 0.481 e. The predicted molar refractivity (Wildman–Crippen MR) is 86.9 cm³/mol. The number of amides is 2. The molecule has 3 rings (SSSR count). The van der Waals surface area contributed by atoms with Gasteiger partial charge in [-0.05, 0) is 43.9 Å². The third kappa shape index (κ3) is 3.89. The molecule has 0 aliphatic heterocycles. The molecule has 1 aliphatic carbocycles. The van der Waals surface area contributed by atoms with Crippen molar-refractivity contribution in [1.29, 1.82) is 0 Å². The van der Waals surface area contributed by atoms with E-state index in [1.165, 1.54) is 0 Å². The lowest BCUT2D eigenvalue weighted by Crippen LogP contribution is -2.40. The van der Waals surface area contributed by atoms with Gasteiger partial charge in [0.25, 0.3) is 0 Å². The Morgan fingerprint density at radius 1 is 1.21 bits per heavy atom. The van der Waals surface area contributed by atoms with Gasteiger partial charge in [0.15, 0.2) is 0 Å². The molecule has 126 valence electrons. The minimum atomic E-state index is -0.747. The van der Waals surface area contributed by atoms with Crippen LogP contribution in [0.2, 0.25) is 0 Å². The molecule has 0 radical (unpaired) electrons. The maximum absolute atomic E-state index is 12.1.